The number of imide groups is 1. The Morgan fingerprint density at radius 1 is 1.05 bits per heavy atom. The third-order valence-corrected chi connectivity index (χ3v) is 9.59. The van der Waals surface area contributed by atoms with Crippen molar-refractivity contribution in [1.82, 2.24) is 0 Å². The van der Waals surface area contributed by atoms with Crippen molar-refractivity contribution < 1.29 is 9.59 Å². The van der Waals surface area contributed by atoms with E-state index in [1.54, 1.807) is 18.2 Å². The Bertz CT molecular complexity index is 665. The maximum Gasteiger partial charge on any atom is 0.238 e. The van der Waals surface area contributed by atoms with Crippen LogP contribution < -0.4 is 4.90 Å². The van der Waals surface area contributed by atoms with Gasteiger partial charge in [0.05, 0.1) is 22.5 Å². The predicted molar refractivity (Wildman–Crippen MR) is 95.7 cm³/mol. The van der Waals surface area contributed by atoms with Crippen molar-refractivity contribution in [3.05, 3.63) is 27.7 Å². The lowest BCUT2D eigenvalue weighted by Gasteiger charge is -2.28. The van der Waals surface area contributed by atoms with Gasteiger partial charge in [-0.25, -0.2) is 4.90 Å². The minimum atomic E-state index is -0.196. The van der Waals surface area contributed by atoms with Crippen LogP contribution in [0.1, 0.15) is 6.42 Å². The molecule has 2 bridgehead atoms. The number of hydrogen-bond acceptors (Lipinski definition) is 2. The van der Waals surface area contributed by atoms with Gasteiger partial charge in [0.25, 0.3) is 0 Å². The Hall–Kier alpha value is 0.0900. The standard InChI is InChI=1S/C15H11Br3ClNO2/c16-8-2-1-5(3-9(8)19)20-14(21)10-6-4-7(11(10)15(20)22)13(18)12(6)17/h1-3,6-7,10-13H,4H2/t6-,7-,10-,11-,12-,13+/m0/s1. The molecule has 0 unspecified atom stereocenters. The van der Waals surface area contributed by atoms with E-state index in [2.05, 4.69) is 47.8 Å². The predicted octanol–water partition coefficient (Wildman–Crippen LogP) is 4.38. The van der Waals surface area contributed by atoms with E-state index >= 15 is 0 Å². The molecule has 4 rings (SSSR count). The van der Waals surface area contributed by atoms with Gasteiger partial charge in [0.15, 0.2) is 0 Å². The molecule has 0 spiro atoms. The fourth-order valence-corrected chi connectivity index (χ4v) is 6.52. The highest BCUT2D eigenvalue weighted by Gasteiger charge is 2.66. The van der Waals surface area contributed by atoms with Crippen LogP contribution in [0.4, 0.5) is 5.69 Å². The molecule has 0 radical (unpaired) electrons. The van der Waals surface area contributed by atoms with Crippen LogP contribution in [0, 0.1) is 23.7 Å². The average molecular weight is 512 g/mol. The van der Waals surface area contributed by atoms with Crippen LogP contribution in [0.25, 0.3) is 0 Å². The summed E-state index contributed by atoms with van der Waals surface area (Å²) in [7, 11) is 0. The summed E-state index contributed by atoms with van der Waals surface area (Å²) in [5, 5.41) is 0.495. The molecular weight excluding hydrogens is 501 g/mol. The van der Waals surface area contributed by atoms with Crippen LogP contribution in [0.5, 0.6) is 0 Å². The molecule has 0 aromatic heterocycles. The largest absolute Gasteiger partial charge is 0.274 e. The van der Waals surface area contributed by atoms with Crippen molar-refractivity contribution in [2.75, 3.05) is 4.90 Å². The second-order valence-corrected chi connectivity index (χ2v) is 9.49. The molecular formula is C15H11Br3ClNO2. The molecule has 2 amide bonds. The molecule has 1 heterocycles. The Balaban J connectivity index is 1.74. The smallest absolute Gasteiger partial charge is 0.238 e. The number of hydrogen-bond donors (Lipinski definition) is 0. The summed E-state index contributed by atoms with van der Waals surface area (Å²) < 4.78 is 0.748. The van der Waals surface area contributed by atoms with Crippen molar-refractivity contribution >= 4 is 76.9 Å². The summed E-state index contributed by atoms with van der Waals surface area (Å²) >= 11 is 16.8. The Morgan fingerprint density at radius 3 is 2.09 bits per heavy atom. The van der Waals surface area contributed by atoms with Crippen LogP contribution in [-0.2, 0) is 9.59 Å². The van der Waals surface area contributed by atoms with Crippen LogP contribution in [0.3, 0.4) is 0 Å². The number of amides is 2. The summed E-state index contributed by atoms with van der Waals surface area (Å²) in [6.07, 6.45) is 0.938. The molecule has 22 heavy (non-hydrogen) atoms. The van der Waals surface area contributed by atoms with E-state index in [9.17, 15) is 9.59 Å². The number of halogens is 4. The summed E-state index contributed by atoms with van der Waals surface area (Å²) in [6.45, 7) is 0. The highest BCUT2D eigenvalue weighted by molar-refractivity contribution is 9.12. The summed E-state index contributed by atoms with van der Waals surface area (Å²) in [5.74, 6) is -0.0934. The van der Waals surface area contributed by atoms with Gasteiger partial charge in [0, 0.05) is 14.1 Å². The quantitative estimate of drug-likeness (QED) is 0.414. The molecule has 116 valence electrons. The molecule has 2 saturated carbocycles. The van der Waals surface area contributed by atoms with Crippen molar-refractivity contribution in [1.29, 1.82) is 0 Å². The monoisotopic (exact) mass is 509 g/mol. The number of alkyl halides is 2. The molecule has 1 aromatic rings. The Labute approximate surface area is 158 Å². The van der Waals surface area contributed by atoms with E-state index in [0.29, 0.717) is 10.7 Å². The van der Waals surface area contributed by atoms with Gasteiger partial charge in [-0.15, -0.1) is 0 Å². The van der Waals surface area contributed by atoms with Crippen LogP contribution in [0.2, 0.25) is 5.02 Å². The summed E-state index contributed by atoms with van der Waals surface area (Å²) in [6, 6.07) is 5.19. The highest BCUT2D eigenvalue weighted by Crippen LogP contribution is 2.60. The summed E-state index contributed by atoms with van der Waals surface area (Å²) in [4.78, 5) is 27.5. The number of anilines is 1. The number of nitrogens with zero attached hydrogens (tertiary/aromatic N) is 1. The molecule has 3 aliphatic rings. The Morgan fingerprint density at radius 2 is 1.59 bits per heavy atom. The molecule has 1 saturated heterocycles. The number of rotatable bonds is 1. The molecule has 2 aliphatic carbocycles. The minimum Gasteiger partial charge on any atom is -0.274 e. The van der Waals surface area contributed by atoms with Crippen molar-refractivity contribution in [2.24, 2.45) is 23.7 Å². The Kier molecular flexibility index (Phi) is 3.76. The van der Waals surface area contributed by atoms with E-state index in [-0.39, 0.29) is 45.1 Å². The van der Waals surface area contributed by atoms with Crippen molar-refractivity contribution in [2.45, 2.75) is 16.1 Å². The van der Waals surface area contributed by atoms with E-state index in [1.807, 2.05) is 0 Å². The zero-order valence-electron chi connectivity index (χ0n) is 11.2. The van der Waals surface area contributed by atoms with Gasteiger partial charge < -0.3 is 0 Å². The first-order chi connectivity index (χ1) is 10.4. The van der Waals surface area contributed by atoms with Gasteiger partial charge in [-0.1, -0.05) is 43.5 Å². The fourth-order valence-electron chi connectivity index (χ4n) is 4.23. The highest BCUT2D eigenvalue weighted by atomic mass is 79.9. The topological polar surface area (TPSA) is 37.4 Å². The molecule has 3 nitrogen and oxygen atoms in total. The summed E-state index contributed by atoms with van der Waals surface area (Å²) in [5.41, 5.74) is 0.564. The maximum atomic E-state index is 12.9. The molecule has 6 atom stereocenters. The normalized spacial score (nSPS) is 39.7. The van der Waals surface area contributed by atoms with Crippen molar-refractivity contribution in [3.63, 3.8) is 0 Å². The van der Waals surface area contributed by atoms with Crippen molar-refractivity contribution in [3.8, 4) is 0 Å². The van der Waals surface area contributed by atoms with E-state index in [4.69, 9.17) is 11.6 Å². The SMILES string of the molecule is O=C1[C@H]2[C@@H]3C[C@H]([C@@H](Br)[C@H]3Br)[C@@H]2C(=O)N1c1ccc(Br)c(Cl)c1. The fraction of sp³-hybridized carbons (Fsp3) is 0.467. The first-order valence-electron chi connectivity index (χ1n) is 7.03. The van der Waals surface area contributed by atoms with Gasteiger partial charge >= 0.3 is 0 Å². The number of carbonyl (C=O) groups is 2. The van der Waals surface area contributed by atoms with Gasteiger partial charge in [-0.05, 0) is 52.4 Å². The second kappa shape index (κ2) is 5.30. The van der Waals surface area contributed by atoms with E-state index in [0.717, 1.165) is 10.9 Å². The maximum absolute atomic E-state index is 12.9. The number of carbonyl (C=O) groups excluding carboxylic acids is 2. The zero-order chi connectivity index (χ0) is 15.8. The van der Waals surface area contributed by atoms with Crippen LogP contribution >= 0.6 is 59.4 Å². The third kappa shape index (κ3) is 1.96. The molecule has 1 aliphatic heterocycles. The van der Waals surface area contributed by atoms with Gasteiger partial charge in [-0.3, -0.25) is 9.59 Å². The first-order valence-corrected chi connectivity index (χ1v) is 10.0. The zero-order valence-corrected chi connectivity index (χ0v) is 16.7. The first kappa shape index (κ1) is 15.6. The third-order valence-electron chi connectivity index (χ3n) is 5.15. The van der Waals surface area contributed by atoms with Gasteiger partial charge in [0.1, 0.15) is 0 Å². The minimum absolute atomic E-state index is 0.0789. The van der Waals surface area contributed by atoms with E-state index < -0.39 is 0 Å². The van der Waals surface area contributed by atoms with E-state index in [1.165, 1.54) is 4.90 Å². The molecule has 1 aromatic carbocycles. The molecule has 0 N–H and O–H groups in total. The lowest BCUT2D eigenvalue weighted by molar-refractivity contribution is -0.123. The lowest BCUT2D eigenvalue weighted by atomic mass is 9.81. The van der Waals surface area contributed by atoms with Gasteiger partial charge in [0.2, 0.25) is 11.8 Å². The van der Waals surface area contributed by atoms with Crippen LogP contribution in [0.15, 0.2) is 22.7 Å². The van der Waals surface area contributed by atoms with Crippen LogP contribution in [-0.4, -0.2) is 21.5 Å². The second-order valence-electron chi connectivity index (χ2n) is 6.11. The number of benzene rings is 1. The number of fused-ring (bicyclic) bond motifs is 5. The average Bonchev–Trinajstić information content (AvgIpc) is 3.08. The molecule has 3 fully saturated rings. The lowest BCUT2D eigenvalue weighted by Crippen LogP contribution is -2.37. The molecule has 7 heteroatoms. The van der Waals surface area contributed by atoms with Gasteiger partial charge in [-0.2, -0.15) is 0 Å².